The van der Waals surface area contributed by atoms with Crippen LogP contribution in [-0.4, -0.2) is 16.8 Å². The van der Waals surface area contributed by atoms with Crippen LogP contribution in [0.15, 0.2) is 77.4 Å². The molecule has 3 aromatic rings. The van der Waals surface area contributed by atoms with Crippen molar-refractivity contribution in [3.63, 3.8) is 0 Å². The van der Waals surface area contributed by atoms with Gasteiger partial charge in [0.25, 0.3) is 5.91 Å². The van der Waals surface area contributed by atoms with Crippen molar-refractivity contribution in [2.24, 2.45) is 0 Å². The van der Waals surface area contributed by atoms with Gasteiger partial charge < -0.3 is 10.6 Å². The zero-order chi connectivity index (χ0) is 19.9. The summed E-state index contributed by atoms with van der Waals surface area (Å²) in [5.41, 5.74) is 1.09. The molecule has 0 aliphatic heterocycles. The van der Waals surface area contributed by atoms with Crippen LogP contribution in [0.1, 0.15) is 15.9 Å². The van der Waals surface area contributed by atoms with E-state index in [9.17, 15) is 14.0 Å². The monoisotopic (exact) mass is 439 g/mol. The highest BCUT2D eigenvalue weighted by molar-refractivity contribution is 9.10. The number of rotatable bonds is 5. The van der Waals surface area contributed by atoms with Crippen molar-refractivity contribution in [3.8, 4) is 0 Å². The van der Waals surface area contributed by atoms with Gasteiger partial charge in [0, 0.05) is 33.6 Å². The standard InChI is InChI=1S/C21H15BrFN3O2/c22-16-8-9-18(23)14(12-16)7-10-20(27)25-17-5-3-4-15(13-17)21(28)26-19-6-1-2-11-24-19/h1-13H,(H,25,27)(H,24,26,28)/b10-7+. The number of carbonyl (C=O) groups is 2. The van der Waals surface area contributed by atoms with E-state index in [1.54, 1.807) is 60.8 Å². The van der Waals surface area contributed by atoms with Crippen LogP contribution in [0.2, 0.25) is 0 Å². The molecule has 2 N–H and O–H groups in total. The minimum absolute atomic E-state index is 0.285. The first-order valence-corrected chi connectivity index (χ1v) is 9.07. The van der Waals surface area contributed by atoms with Gasteiger partial charge in [-0.15, -0.1) is 0 Å². The summed E-state index contributed by atoms with van der Waals surface area (Å²) in [5, 5.41) is 5.32. The van der Waals surface area contributed by atoms with Crippen molar-refractivity contribution < 1.29 is 14.0 Å². The van der Waals surface area contributed by atoms with Gasteiger partial charge in [0.2, 0.25) is 5.91 Å². The second kappa shape index (κ2) is 9.05. The fourth-order valence-electron chi connectivity index (χ4n) is 2.36. The third-order valence-electron chi connectivity index (χ3n) is 3.67. The van der Waals surface area contributed by atoms with Crippen LogP contribution < -0.4 is 10.6 Å². The molecule has 1 aromatic heterocycles. The van der Waals surface area contributed by atoms with Crippen LogP contribution in [0.5, 0.6) is 0 Å². The van der Waals surface area contributed by atoms with Crippen molar-refractivity contribution >= 4 is 45.3 Å². The summed E-state index contributed by atoms with van der Waals surface area (Å²) < 4.78 is 14.4. The first-order chi connectivity index (χ1) is 13.5. The zero-order valence-corrected chi connectivity index (χ0v) is 16.1. The Hall–Kier alpha value is -3.32. The molecule has 0 atom stereocenters. The van der Waals surface area contributed by atoms with Gasteiger partial charge in [-0.25, -0.2) is 9.37 Å². The summed E-state index contributed by atoms with van der Waals surface area (Å²) in [5.74, 6) is -0.787. The molecule has 0 saturated heterocycles. The normalized spacial score (nSPS) is 10.6. The van der Waals surface area contributed by atoms with E-state index >= 15 is 0 Å². The number of carbonyl (C=O) groups excluding carboxylic acids is 2. The lowest BCUT2D eigenvalue weighted by atomic mass is 10.1. The Bertz CT molecular complexity index is 1040. The molecule has 0 unspecified atom stereocenters. The van der Waals surface area contributed by atoms with Crippen LogP contribution in [0, 0.1) is 5.82 Å². The molecule has 0 saturated carbocycles. The average Bonchev–Trinajstić information content (AvgIpc) is 2.69. The number of nitrogens with zero attached hydrogens (tertiary/aromatic N) is 1. The van der Waals surface area contributed by atoms with Gasteiger partial charge in [0.1, 0.15) is 11.6 Å². The third-order valence-corrected chi connectivity index (χ3v) is 4.16. The smallest absolute Gasteiger partial charge is 0.256 e. The second-order valence-corrected chi connectivity index (χ2v) is 6.65. The number of amides is 2. The number of halogens is 2. The Morgan fingerprint density at radius 3 is 2.64 bits per heavy atom. The Balaban J connectivity index is 1.67. The highest BCUT2D eigenvalue weighted by Gasteiger charge is 2.08. The Morgan fingerprint density at radius 1 is 1.00 bits per heavy atom. The number of pyridine rings is 1. The molecule has 140 valence electrons. The molecule has 0 bridgehead atoms. The Kier molecular flexibility index (Phi) is 6.29. The Labute approximate surface area is 169 Å². The molecular formula is C21H15BrFN3O2. The Morgan fingerprint density at radius 2 is 1.86 bits per heavy atom. The van der Waals surface area contributed by atoms with E-state index in [0.717, 1.165) is 0 Å². The lowest BCUT2D eigenvalue weighted by Crippen LogP contribution is -2.14. The van der Waals surface area contributed by atoms with E-state index in [1.807, 2.05) is 0 Å². The predicted octanol–water partition coefficient (Wildman–Crippen LogP) is 4.89. The van der Waals surface area contributed by atoms with Gasteiger partial charge in [-0.2, -0.15) is 0 Å². The van der Waals surface area contributed by atoms with Crippen molar-refractivity contribution in [3.05, 3.63) is 94.4 Å². The van der Waals surface area contributed by atoms with Crippen molar-refractivity contribution in [1.29, 1.82) is 0 Å². The molecule has 2 amide bonds. The van der Waals surface area contributed by atoms with Crippen LogP contribution in [0.4, 0.5) is 15.9 Å². The number of benzene rings is 2. The van der Waals surface area contributed by atoms with Gasteiger partial charge >= 0.3 is 0 Å². The maximum Gasteiger partial charge on any atom is 0.256 e. The van der Waals surface area contributed by atoms with Gasteiger partial charge in [-0.1, -0.05) is 28.1 Å². The first kappa shape index (κ1) is 19.4. The van der Waals surface area contributed by atoms with E-state index in [1.165, 1.54) is 18.2 Å². The highest BCUT2D eigenvalue weighted by Crippen LogP contribution is 2.17. The summed E-state index contributed by atoms with van der Waals surface area (Å²) in [6.07, 6.45) is 4.19. The number of aromatic nitrogens is 1. The molecule has 2 aromatic carbocycles. The fraction of sp³-hybridized carbons (Fsp3) is 0. The van der Waals surface area contributed by atoms with Crippen LogP contribution in [-0.2, 0) is 4.79 Å². The zero-order valence-electron chi connectivity index (χ0n) is 14.5. The van der Waals surface area contributed by atoms with Gasteiger partial charge in [-0.3, -0.25) is 9.59 Å². The molecule has 0 fully saturated rings. The number of anilines is 2. The van der Waals surface area contributed by atoms with E-state index in [2.05, 4.69) is 31.5 Å². The largest absolute Gasteiger partial charge is 0.322 e. The molecule has 0 spiro atoms. The van der Waals surface area contributed by atoms with E-state index in [0.29, 0.717) is 21.5 Å². The number of hydrogen-bond acceptors (Lipinski definition) is 3. The number of nitrogens with one attached hydrogen (secondary N) is 2. The molecule has 5 nitrogen and oxygen atoms in total. The maximum atomic E-state index is 13.7. The van der Waals surface area contributed by atoms with Gasteiger partial charge in [-0.05, 0) is 54.6 Å². The predicted molar refractivity (Wildman–Crippen MR) is 110 cm³/mol. The lowest BCUT2D eigenvalue weighted by Gasteiger charge is -2.07. The SMILES string of the molecule is O=C(/C=C/c1cc(Br)ccc1F)Nc1cccc(C(=O)Nc2ccccn2)c1. The molecule has 0 radical (unpaired) electrons. The topological polar surface area (TPSA) is 71.1 Å². The molecule has 1 heterocycles. The molecule has 0 aliphatic rings. The van der Waals surface area contributed by atoms with Crippen LogP contribution >= 0.6 is 15.9 Å². The van der Waals surface area contributed by atoms with E-state index < -0.39 is 11.7 Å². The van der Waals surface area contributed by atoms with E-state index in [-0.39, 0.29) is 11.5 Å². The second-order valence-electron chi connectivity index (χ2n) is 5.74. The lowest BCUT2D eigenvalue weighted by molar-refractivity contribution is -0.111. The molecule has 28 heavy (non-hydrogen) atoms. The minimum Gasteiger partial charge on any atom is -0.322 e. The fourth-order valence-corrected chi connectivity index (χ4v) is 2.73. The average molecular weight is 440 g/mol. The minimum atomic E-state index is -0.443. The summed E-state index contributed by atoms with van der Waals surface area (Å²) >= 11 is 3.26. The third kappa shape index (κ3) is 5.34. The molecule has 7 heteroatoms. The van der Waals surface area contributed by atoms with Gasteiger partial charge in [0.15, 0.2) is 0 Å². The van der Waals surface area contributed by atoms with Crippen molar-refractivity contribution in [2.45, 2.75) is 0 Å². The molecular weight excluding hydrogens is 425 g/mol. The summed E-state index contributed by atoms with van der Waals surface area (Å²) in [6, 6.07) is 16.1. The summed E-state index contributed by atoms with van der Waals surface area (Å²) in [4.78, 5) is 28.5. The van der Waals surface area contributed by atoms with Crippen molar-refractivity contribution in [2.75, 3.05) is 10.6 Å². The molecule has 0 aliphatic carbocycles. The first-order valence-electron chi connectivity index (χ1n) is 8.28. The quantitative estimate of drug-likeness (QED) is 0.556. The summed E-state index contributed by atoms with van der Waals surface area (Å²) in [7, 11) is 0. The highest BCUT2D eigenvalue weighted by atomic mass is 79.9. The van der Waals surface area contributed by atoms with E-state index in [4.69, 9.17) is 0 Å². The van der Waals surface area contributed by atoms with Crippen molar-refractivity contribution in [1.82, 2.24) is 4.98 Å². The maximum absolute atomic E-state index is 13.7. The molecule has 3 rings (SSSR count). The van der Waals surface area contributed by atoms with Crippen LogP contribution in [0.25, 0.3) is 6.08 Å². The van der Waals surface area contributed by atoms with Gasteiger partial charge in [0.05, 0.1) is 0 Å². The summed E-state index contributed by atoms with van der Waals surface area (Å²) in [6.45, 7) is 0. The van der Waals surface area contributed by atoms with Crippen LogP contribution in [0.3, 0.4) is 0 Å². The number of hydrogen-bond donors (Lipinski definition) is 2.